The van der Waals surface area contributed by atoms with Gasteiger partial charge in [-0.3, -0.25) is 28.7 Å². The molecule has 1 aromatic carbocycles. The van der Waals surface area contributed by atoms with Crippen molar-refractivity contribution in [2.45, 2.75) is 97.7 Å². The van der Waals surface area contributed by atoms with Crippen molar-refractivity contribution in [1.82, 2.24) is 41.2 Å². The molecule has 4 heterocycles. The SMILES string of the molecule is C=CC(=O)NC[C@H](NC(=O)CCCCC1SC[C@H]2NC(=O)N[C@@H]12)C(=O)N1C[C@H](Oc2nccc3cc(OC)ccc23)C[C@H]1C(=O)N[C@]1(C(=O)NS(=O)(=O)C2CC2)C[C@@H]1C=C. The van der Waals surface area contributed by atoms with Crippen LogP contribution in [0.2, 0.25) is 0 Å². The van der Waals surface area contributed by atoms with Gasteiger partial charge in [-0.05, 0) is 67.8 Å². The van der Waals surface area contributed by atoms with E-state index in [0.717, 1.165) is 23.6 Å². The fraction of sp³-hybridized carbons (Fsp3) is 0.525. The van der Waals surface area contributed by atoms with Crippen LogP contribution in [0.4, 0.5) is 4.79 Å². The topological polar surface area (TPSA) is 243 Å². The van der Waals surface area contributed by atoms with Crippen LogP contribution in [-0.4, -0.2) is 126 Å². The van der Waals surface area contributed by atoms with Crippen molar-refractivity contribution in [3.63, 3.8) is 0 Å². The van der Waals surface area contributed by atoms with E-state index in [1.54, 1.807) is 43.3 Å². The Hall–Kier alpha value is -5.37. The molecule has 3 aliphatic heterocycles. The van der Waals surface area contributed by atoms with E-state index in [9.17, 15) is 37.2 Å². The van der Waals surface area contributed by atoms with Crippen LogP contribution in [-0.2, 0) is 34.0 Å². The molecule has 0 bridgehead atoms. The minimum absolute atomic E-state index is 0.0349. The number of unbranched alkanes of at least 4 members (excludes halogenated alkanes) is 1. The third-order valence-corrected chi connectivity index (χ3v) is 15.0. The Balaban J connectivity index is 1.08. The number of hydrogen-bond donors (Lipinski definition) is 6. The first-order chi connectivity index (χ1) is 28.7. The van der Waals surface area contributed by atoms with E-state index < -0.39 is 74.5 Å². The molecule has 20 heteroatoms. The van der Waals surface area contributed by atoms with E-state index in [1.165, 1.54) is 11.0 Å². The molecule has 60 heavy (non-hydrogen) atoms. The molecule has 2 aliphatic carbocycles. The van der Waals surface area contributed by atoms with Crippen LogP contribution in [0.5, 0.6) is 11.6 Å². The number of nitrogens with one attached hydrogen (secondary N) is 6. The quantitative estimate of drug-likeness (QED) is 0.0497. The van der Waals surface area contributed by atoms with Crippen molar-refractivity contribution >= 4 is 68.1 Å². The van der Waals surface area contributed by atoms with Crippen LogP contribution in [0.3, 0.4) is 0 Å². The Labute approximate surface area is 351 Å². The highest BCUT2D eigenvalue weighted by atomic mass is 32.2. The van der Waals surface area contributed by atoms with Crippen LogP contribution < -0.4 is 40.8 Å². The Bertz CT molecular complexity index is 2190. The molecule has 2 aromatic rings. The van der Waals surface area contributed by atoms with E-state index >= 15 is 0 Å². The monoisotopic (exact) mass is 866 g/mol. The van der Waals surface area contributed by atoms with Crippen LogP contribution in [0, 0.1) is 5.92 Å². The van der Waals surface area contributed by atoms with Gasteiger partial charge in [0.05, 0.1) is 31.0 Å². The van der Waals surface area contributed by atoms with Gasteiger partial charge in [0.2, 0.25) is 39.5 Å². The highest BCUT2D eigenvalue weighted by Gasteiger charge is 2.62. The van der Waals surface area contributed by atoms with E-state index in [0.29, 0.717) is 36.8 Å². The van der Waals surface area contributed by atoms with E-state index in [1.807, 2.05) is 6.07 Å². The van der Waals surface area contributed by atoms with Crippen LogP contribution in [0.25, 0.3) is 10.8 Å². The second-order valence-electron chi connectivity index (χ2n) is 15.8. The van der Waals surface area contributed by atoms with Gasteiger partial charge in [0, 0.05) is 47.9 Å². The van der Waals surface area contributed by atoms with Crippen molar-refractivity contribution in [2.24, 2.45) is 5.92 Å². The van der Waals surface area contributed by atoms with Crippen molar-refractivity contribution in [3.05, 3.63) is 55.8 Å². The minimum Gasteiger partial charge on any atom is -0.497 e. The highest BCUT2D eigenvalue weighted by Crippen LogP contribution is 2.45. The number of likely N-dealkylation sites (tertiary alicyclic amines) is 1. The van der Waals surface area contributed by atoms with Gasteiger partial charge in [0.25, 0.3) is 5.91 Å². The molecule has 8 atom stereocenters. The lowest BCUT2D eigenvalue weighted by atomic mass is 10.0. The van der Waals surface area contributed by atoms with Gasteiger partial charge in [-0.15, -0.1) is 6.58 Å². The second kappa shape index (κ2) is 17.7. The van der Waals surface area contributed by atoms with E-state index in [2.05, 4.69) is 49.4 Å². The maximum absolute atomic E-state index is 14.6. The van der Waals surface area contributed by atoms with Gasteiger partial charge in [0.1, 0.15) is 29.5 Å². The summed E-state index contributed by atoms with van der Waals surface area (Å²) in [7, 11) is -2.40. The van der Waals surface area contributed by atoms with Gasteiger partial charge in [-0.2, -0.15) is 11.8 Å². The number of aromatic nitrogens is 1. The largest absolute Gasteiger partial charge is 0.497 e. The summed E-state index contributed by atoms with van der Waals surface area (Å²) in [6.45, 7) is 6.76. The summed E-state index contributed by atoms with van der Waals surface area (Å²) in [5, 5.41) is 14.9. The molecule has 2 saturated carbocycles. The Morgan fingerprint density at radius 1 is 1.13 bits per heavy atom. The zero-order valence-electron chi connectivity index (χ0n) is 33.1. The number of pyridine rings is 1. The van der Waals surface area contributed by atoms with Crippen LogP contribution >= 0.6 is 11.8 Å². The van der Waals surface area contributed by atoms with E-state index in [-0.39, 0.29) is 61.6 Å². The number of nitrogens with zero attached hydrogens (tertiary/aromatic N) is 2. The molecule has 1 aromatic heterocycles. The lowest BCUT2D eigenvalue weighted by Crippen LogP contribution is -2.59. The standard InChI is InChI=1S/C40H50N8O10S2/c1-4-23-18-40(23,38(53)47-60(55,56)26-11-12-26)46-35(51)30-17-25(58-36-27-13-10-24(57-3)16-22(27)14-15-41-36)20-48(30)37(52)28(19-42-32(49)5-2)43-33(50)9-7-6-8-31-34-29(21-59-31)44-39(54)45-34/h4-5,10,13-16,23,25-26,28-31,34H,1-2,6-9,11-12,17-21H2,3H3,(H,42,49)(H,43,50)(H,46,51)(H,47,53)(H2,44,45,54)/t23-,25+,28-,29+,30-,31?,34+,40+/m0/s1. The number of thioether (sulfide) groups is 1. The van der Waals surface area contributed by atoms with Gasteiger partial charge >= 0.3 is 6.03 Å². The molecule has 322 valence electrons. The maximum atomic E-state index is 14.6. The Morgan fingerprint density at radius 2 is 1.93 bits per heavy atom. The predicted molar refractivity (Wildman–Crippen MR) is 221 cm³/mol. The maximum Gasteiger partial charge on any atom is 0.315 e. The number of hydrogen-bond acceptors (Lipinski definition) is 12. The third kappa shape index (κ3) is 9.33. The predicted octanol–water partition coefficient (Wildman–Crippen LogP) is 0.774. The number of benzene rings is 1. The summed E-state index contributed by atoms with van der Waals surface area (Å²) < 4.78 is 39.4. The Morgan fingerprint density at radius 3 is 2.65 bits per heavy atom. The number of amides is 7. The zero-order chi connectivity index (χ0) is 42.8. The molecule has 5 aliphatic rings. The minimum atomic E-state index is -3.95. The number of carbonyl (C=O) groups is 6. The molecular weight excluding hydrogens is 817 g/mol. The highest BCUT2D eigenvalue weighted by molar-refractivity contribution is 8.00. The smallest absolute Gasteiger partial charge is 0.315 e. The lowest BCUT2D eigenvalue weighted by molar-refractivity contribution is -0.142. The molecule has 18 nitrogen and oxygen atoms in total. The average Bonchev–Trinajstić information content (AvgIpc) is 4.10. The Kier molecular flexibility index (Phi) is 12.6. The fourth-order valence-electron chi connectivity index (χ4n) is 8.12. The van der Waals surface area contributed by atoms with Crippen LogP contribution in [0.15, 0.2) is 55.8 Å². The first-order valence-corrected chi connectivity index (χ1v) is 22.6. The van der Waals surface area contributed by atoms with Gasteiger partial charge in [-0.25, -0.2) is 18.2 Å². The molecule has 0 spiro atoms. The number of methoxy groups -OCH3 is 1. The molecule has 7 rings (SSSR count). The summed E-state index contributed by atoms with van der Waals surface area (Å²) in [5.41, 5.74) is -1.62. The number of sulfonamides is 1. The normalized spacial score (nSPS) is 27.1. The molecule has 6 N–H and O–H groups in total. The first-order valence-electron chi connectivity index (χ1n) is 20.0. The van der Waals surface area contributed by atoms with Crippen LogP contribution in [0.1, 0.15) is 51.4 Å². The van der Waals surface area contributed by atoms with Crippen molar-refractivity contribution in [3.8, 4) is 11.6 Å². The summed E-state index contributed by atoms with van der Waals surface area (Å²) >= 11 is 1.77. The lowest BCUT2D eigenvalue weighted by Gasteiger charge is -2.30. The average molecular weight is 867 g/mol. The molecule has 7 amide bonds. The number of fused-ring (bicyclic) bond motifs is 2. The fourth-order valence-corrected chi connectivity index (χ4v) is 11.0. The number of ether oxygens (including phenoxy) is 2. The number of carbonyl (C=O) groups excluding carboxylic acids is 6. The molecule has 5 fully saturated rings. The second-order valence-corrected chi connectivity index (χ2v) is 19.0. The van der Waals surface area contributed by atoms with Crippen molar-refractivity contribution < 1.29 is 46.7 Å². The first kappa shape index (κ1) is 42.7. The number of urea groups is 1. The molecular formula is C40H50N8O10S2. The molecule has 0 radical (unpaired) electrons. The summed E-state index contributed by atoms with van der Waals surface area (Å²) in [4.78, 5) is 85.6. The summed E-state index contributed by atoms with van der Waals surface area (Å²) in [6.07, 6.45) is 6.20. The molecule has 1 unspecified atom stereocenters. The van der Waals surface area contributed by atoms with E-state index in [4.69, 9.17) is 9.47 Å². The summed E-state index contributed by atoms with van der Waals surface area (Å²) in [6, 6.07) is 4.50. The van der Waals surface area contributed by atoms with Gasteiger partial charge in [-0.1, -0.05) is 19.1 Å². The summed E-state index contributed by atoms with van der Waals surface area (Å²) in [5.74, 6) is -2.26. The van der Waals surface area contributed by atoms with Crippen molar-refractivity contribution in [2.75, 3.05) is 26.0 Å². The number of rotatable bonds is 19. The van der Waals surface area contributed by atoms with Crippen molar-refractivity contribution in [1.29, 1.82) is 0 Å². The third-order valence-electron chi connectivity index (χ3n) is 11.7. The zero-order valence-corrected chi connectivity index (χ0v) is 34.8. The van der Waals surface area contributed by atoms with Gasteiger partial charge < -0.3 is 41.0 Å². The molecule has 3 saturated heterocycles. The van der Waals surface area contributed by atoms with Gasteiger partial charge in [0.15, 0.2) is 0 Å².